The Hall–Kier alpha value is -5.39. The minimum atomic E-state index is -0.542. The van der Waals surface area contributed by atoms with E-state index >= 15 is 0 Å². The van der Waals surface area contributed by atoms with Gasteiger partial charge in [0.1, 0.15) is 17.1 Å². The van der Waals surface area contributed by atoms with Crippen LogP contribution >= 0.6 is 0 Å². The predicted molar refractivity (Wildman–Crippen MR) is 187 cm³/mol. The average Bonchev–Trinajstić information content (AvgIpc) is 3.85. The molecular weight excluding hydrogens is 634 g/mol. The lowest BCUT2D eigenvalue weighted by molar-refractivity contribution is -0.133. The molecule has 0 saturated heterocycles. The first-order chi connectivity index (χ1) is 24.2. The maximum Gasteiger partial charge on any atom is 0.270 e. The number of carbonyl (C=O) groups is 5. The van der Waals surface area contributed by atoms with Gasteiger partial charge in [0.15, 0.2) is 5.78 Å². The van der Waals surface area contributed by atoms with E-state index in [2.05, 4.69) is 20.2 Å². The number of ketones is 2. The number of rotatable bonds is 10. The summed E-state index contributed by atoms with van der Waals surface area (Å²) >= 11 is 0. The molecule has 258 valence electrons. The molecule has 12 heteroatoms. The summed E-state index contributed by atoms with van der Waals surface area (Å²) in [5, 5.41) is 7.05. The topological polar surface area (TPSA) is 147 Å². The molecule has 3 amide bonds. The minimum absolute atomic E-state index is 0.0567. The number of aryl methyl sites for hydroxylation is 1. The van der Waals surface area contributed by atoms with Gasteiger partial charge >= 0.3 is 0 Å². The zero-order valence-corrected chi connectivity index (χ0v) is 28.4. The van der Waals surface area contributed by atoms with Crippen LogP contribution in [0.4, 0.5) is 11.6 Å². The molecule has 2 saturated carbocycles. The molecule has 3 heterocycles. The highest BCUT2D eigenvalue weighted by Crippen LogP contribution is 2.35. The van der Waals surface area contributed by atoms with Crippen molar-refractivity contribution >= 4 is 52.0 Å². The Morgan fingerprint density at radius 2 is 1.78 bits per heavy atom. The lowest BCUT2D eigenvalue weighted by atomic mass is 9.92. The summed E-state index contributed by atoms with van der Waals surface area (Å²) in [6.45, 7) is 0.821. The number of anilines is 2. The second kappa shape index (κ2) is 13.9. The summed E-state index contributed by atoms with van der Waals surface area (Å²) in [5.74, 6) is -0.228. The van der Waals surface area contributed by atoms with Crippen molar-refractivity contribution < 1.29 is 24.0 Å². The number of carbonyl (C=O) groups excluding carboxylic acids is 5. The van der Waals surface area contributed by atoms with E-state index in [-0.39, 0.29) is 41.8 Å². The number of nitrogens with one attached hydrogen (secondary N) is 2. The van der Waals surface area contributed by atoms with Crippen molar-refractivity contribution in [1.29, 1.82) is 0 Å². The van der Waals surface area contributed by atoms with E-state index < -0.39 is 6.04 Å². The van der Waals surface area contributed by atoms with Crippen LogP contribution in [0.2, 0.25) is 0 Å². The van der Waals surface area contributed by atoms with E-state index in [0.717, 1.165) is 53.5 Å². The van der Waals surface area contributed by atoms with Gasteiger partial charge in [0, 0.05) is 68.0 Å². The Labute approximate surface area is 290 Å². The molecule has 1 aliphatic heterocycles. The number of benzene rings is 2. The zero-order chi connectivity index (χ0) is 34.9. The third-order valence-electron chi connectivity index (χ3n) is 10.1. The van der Waals surface area contributed by atoms with Gasteiger partial charge in [-0.3, -0.25) is 24.0 Å². The van der Waals surface area contributed by atoms with Crippen LogP contribution in [0, 0.1) is 0 Å². The normalized spacial score (nSPS) is 17.8. The van der Waals surface area contributed by atoms with Crippen LogP contribution in [-0.4, -0.2) is 80.3 Å². The first-order valence-corrected chi connectivity index (χ1v) is 17.4. The lowest BCUT2D eigenvalue weighted by Gasteiger charge is -2.29. The Balaban J connectivity index is 0.951. The number of aromatic nitrogens is 3. The van der Waals surface area contributed by atoms with Crippen LogP contribution in [0.3, 0.4) is 0 Å². The number of hydrogen-bond donors (Lipinski definition) is 2. The molecule has 4 aromatic rings. The third-order valence-corrected chi connectivity index (χ3v) is 10.1. The van der Waals surface area contributed by atoms with Crippen LogP contribution in [0.25, 0.3) is 11.0 Å². The summed E-state index contributed by atoms with van der Waals surface area (Å²) in [6, 6.07) is 14.3. The SMILES string of the molecule is CN(C)C(=O)c1cc2cnc(Nc3ccc(C(=O)NCCCc4cccc5c4CN(C4CCC(=O)CC4=O)C5=O)cc3)nc2n1C1CCCC1. The van der Waals surface area contributed by atoms with Crippen LogP contribution in [-0.2, 0) is 22.6 Å². The smallest absolute Gasteiger partial charge is 0.270 e. The molecule has 2 aromatic carbocycles. The van der Waals surface area contributed by atoms with Crippen molar-refractivity contribution in [3.05, 3.63) is 82.7 Å². The quantitative estimate of drug-likeness (QED) is 0.176. The highest BCUT2D eigenvalue weighted by Gasteiger charge is 2.39. The van der Waals surface area contributed by atoms with E-state index in [4.69, 9.17) is 4.98 Å². The van der Waals surface area contributed by atoms with Crippen molar-refractivity contribution in [2.24, 2.45) is 0 Å². The first kappa shape index (κ1) is 33.1. The number of nitrogens with zero attached hydrogens (tertiary/aromatic N) is 5. The molecule has 0 bridgehead atoms. The van der Waals surface area contributed by atoms with Gasteiger partial charge < -0.3 is 25.0 Å². The highest BCUT2D eigenvalue weighted by atomic mass is 16.2. The number of amides is 3. The van der Waals surface area contributed by atoms with E-state index in [1.165, 1.54) is 0 Å². The van der Waals surface area contributed by atoms with Gasteiger partial charge in [-0.1, -0.05) is 25.0 Å². The summed E-state index contributed by atoms with van der Waals surface area (Å²) in [7, 11) is 3.51. The molecule has 0 spiro atoms. The largest absolute Gasteiger partial charge is 0.352 e. The van der Waals surface area contributed by atoms with Crippen LogP contribution in [0.15, 0.2) is 54.7 Å². The van der Waals surface area contributed by atoms with Crippen molar-refractivity contribution in [3.63, 3.8) is 0 Å². The van der Waals surface area contributed by atoms with Crippen molar-refractivity contribution in [1.82, 2.24) is 29.7 Å². The molecular formula is C38H41N7O5. The van der Waals surface area contributed by atoms with E-state index in [1.807, 2.05) is 30.3 Å². The van der Waals surface area contributed by atoms with Crippen molar-refractivity contribution in [2.45, 2.75) is 76.4 Å². The molecule has 2 aliphatic carbocycles. The number of hydrogen-bond acceptors (Lipinski definition) is 8. The van der Waals surface area contributed by atoms with Crippen molar-refractivity contribution in [2.75, 3.05) is 26.0 Å². The van der Waals surface area contributed by atoms with Gasteiger partial charge in [-0.15, -0.1) is 0 Å². The average molecular weight is 676 g/mol. The van der Waals surface area contributed by atoms with Crippen LogP contribution in [0.5, 0.6) is 0 Å². The van der Waals surface area contributed by atoms with Crippen LogP contribution in [0.1, 0.15) is 99.7 Å². The lowest BCUT2D eigenvalue weighted by Crippen LogP contribution is -2.44. The second-order valence-corrected chi connectivity index (χ2v) is 13.7. The fourth-order valence-corrected chi connectivity index (χ4v) is 7.50. The zero-order valence-electron chi connectivity index (χ0n) is 28.4. The van der Waals surface area contributed by atoms with Crippen LogP contribution < -0.4 is 10.6 Å². The van der Waals surface area contributed by atoms with Gasteiger partial charge in [0.05, 0.1) is 12.5 Å². The highest BCUT2D eigenvalue weighted by molar-refractivity contribution is 6.07. The fourth-order valence-electron chi connectivity index (χ4n) is 7.50. The molecule has 3 aliphatic rings. The van der Waals surface area contributed by atoms with Crippen molar-refractivity contribution in [3.8, 4) is 0 Å². The summed E-state index contributed by atoms with van der Waals surface area (Å²) in [5.41, 5.74) is 5.17. The third kappa shape index (κ3) is 6.49. The maximum absolute atomic E-state index is 13.1. The van der Waals surface area contributed by atoms with E-state index in [1.54, 1.807) is 48.3 Å². The van der Waals surface area contributed by atoms with E-state index in [0.29, 0.717) is 61.5 Å². The molecule has 1 atom stereocenters. The standard InChI is InChI=1S/C38H41N7O5/c1-43(2)37(50)32-19-25-21-40-38(42-34(25)45(32)27-9-3-4-10-27)41-26-14-12-24(13-15-26)35(48)39-18-6-8-23-7-5-11-29-30(23)22-44(36(29)49)31-17-16-28(46)20-33(31)47/h5,7,11-15,19,21,27,31H,3-4,6,8-10,16-18,20,22H2,1-2H3,(H,39,48)(H,40,41,42). The maximum atomic E-state index is 13.1. The van der Waals surface area contributed by atoms with Gasteiger partial charge in [0.2, 0.25) is 5.95 Å². The molecule has 2 N–H and O–H groups in total. The van der Waals surface area contributed by atoms with Gasteiger partial charge in [-0.25, -0.2) is 4.98 Å². The molecule has 1 unspecified atom stereocenters. The predicted octanol–water partition coefficient (Wildman–Crippen LogP) is 5.00. The number of fused-ring (bicyclic) bond motifs is 2. The Kier molecular flexibility index (Phi) is 9.18. The summed E-state index contributed by atoms with van der Waals surface area (Å²) in [6.07, 6.45) is 7.97. The summed E-state index contributed by atoms with van der Waals surface area (Å²) in [4.78, 5) is 75.8. The minimum Gasteiger partial charge on any atom is -0.352 e. The Morgan fingerprint density at radius 1 is 1.00 bits per heavy atom. The Bertz CT molecular complexity index is 1990. The fraction of sp³-hybridized carbons (Fsp3) is 0.395. The Morgan fingerprint density at radius 3 is 2.52 bits per heavy atom. The second-order valence-electron chi connectivity index (χ2n) is 13.7. The molecule has 2 fully saturated rings. The molecule has 7 rings (SSSR count). The van der Waals surface area contributed by atoms with Gasteiger partial charge in [0.25, 0.3) is 17.7 Å². The van der Waals surface area contributed by atoms with Gasteiger partial charge in [-0.05, 0) is 79.6 Å². The first-order valence-electron chi connectivity index (χ1n) is 17.4. The number of Topliss-reactive ketones (excluding diaryl/α,β-unsaturated/α-hetero) is 2. The molecule has 12 nitrogen and oxygen atoms in total. The van der Waals surface area contributed by atoms with E-state index in [9.17, 15) is 24.0 Å². The van der Waals surface area contributed by atoms with Gasteiger partial charge in [-0.2, -0.15) is 4.98 Å². The monoisotopic (exact) mass is 675 g/mol. The summed E-state index contributed by atoms with van der Waals surface area (Å²) < 4.78 is 2.08. The molecule has 0 radical (unpaired) electrons. The molecule has 2 aromatic heterocycles. The molecule has 50 heavy (non-hydrogen) atoms.